The fourth-order valence-corrected chi connectivity index (χ4v) is 3.16. The molecular weight excluding hydrogens is 290 g/mol. The number of benzene rings is 1. The number of alkyl halides is 1. The third kappa shape index (κ3) is 5.18. The molecule has 19 heavy (non-hydrogen) atoms. The average molecular weight is 306 g/mol. The van der Waals surface area contributed by atoms with E-state index in [4.69, 9.17) is 11.6 Å². The van der Waals surface area contributed by atoms with Gasteiger partial charge in [-0.25, -0.2) is 8.42 Å². The van der Waals surface area contributed by atoms with E-state index in [-0.39, 0.29) is 24.7 Å². The van der Waals surface area contributed by atoms with Gasteiger partial charge in [0.05, 0.1) is 12.9 Å². The number of methoxy groups -OCH3 is 1. The summed E-state index contributed by atoms with van der Waals surface area (Å²) in [6, 6.07) is 9.03. The zero-order valence-electron chi connectivity index (χ0n) is 10.6. The molecule has 0 unspecified atom stereocenters. The van der Waals surface area contributed by atoms with Gasteiger partial charge in [0.25, 0.3) is 0 Å². The molecule has 0 aromatic heterocycles. The second kappa shape index (κ2) is 7.47. The van der Waals surface area contributed by atoms with Gasteiger partial charge in [-0.15, -0.1) is 11.6 Å². The molecule has 0 heterocycles. The van der Waals surface area contributed by atoms with Gasteiger partial charge >= 0.3 is 5.97 Å². The molecule has 0 radical (unpaired) electrons. The molecular formula is C12H16ClNO4S. The highest BCUT2D eigenvalue weighted by atomic mass is 35.5. The van der Waals surface area contributed by atoms with Gasteiger partial charge in [0.2, 0.25) is 10.0 Å². The summed E-state index contributed by atoms with van der Waals surface area (Å²) in [6.45, 7) is -0.195. The number of halogens is 1. The van der Waals surface area contributed by atoms with Crippen molar-refractivity contribution in [1.82, 2.24) is 4.31 Å². The Morgan fingerprint density at radius 3 is 2.47 bits per heavy atom. The second-order valence-corrected chi connectivity index (χ2v) is 6.30. The minimum absolute atomic E-state index is 0.0191. The van der Waals surface area contributed by atoms with Gasteiger partial charge < -0.3 is 4.74 Å². The van der Waals surface area contributed by atoms with E-state index >= 15 is 0 Å². The van der Waals surface area contributed by atoms with Crippen LogP contribution in [-0.4, -0.2) is 44.0 Å². The molecule has 106 valence electrons. The zero-order chi connectivity index (χ0) is 14.3. The van der Waals surface area contributed by atoms with E-state index < -0.39 is 16.0 Å². The number of sulfonamides is 1. The number of hydrogen-bond acceptors (Lipinski definition) is 4. The largest absolute Gasteiger partial charge is 0.468 e. The van der Waals surface area contributed by atoms with E-state index in [0.29, 0.717) is 0 Å². The van der Waals surface area contributed by atoms with Crippen LogP contribution >= 0.6 is 11.6 Å². The minimum Gasteiger partial charge on any atom is -0.468 e. The van der Waals surface area contributed by atoms with Gasteiger partial charge in [-0.1, -0.05) is 30.3 Å². The lowest BCUT2D eigenvalue weighted by Crippen LogP contribution is -2.37. The molecule has 1 aromatic carbocycles. The third-order valence-corrected chi connectivity index (χ3v) is 4.64. The summed E-state index contributed by atoms with van der Waals surface area (Å²) < 4.78 is 29.6. The molecule has 0 N–H and O–H groups in total. The van der Waals surface area contributed by atoms with Crippen molar-refractivity contribution in [2.75, 3.05) is 25.3 Å². The maximum atomic E-state index is 12.0. The highest BCUT2D eigenvalue weighted by molar-refractivity contribution is 7.89. The summed E-state index contributed by atoms with van der Waals surface area (Å²) in [7, 11) is -2.36. The van der Waals surface area contributed by atoms with Crippen LogP contribution in [0.5, 0.6) is 0 Å². The van der Waals surface area contributed by atoms with Crippen molar-refractivity contribution in [3.8, 4) is 0 Å². The summed E-state index contributed by atoms with van der Waals surface area (Å²) in [4.78, 5) is 11.3. The number of nitrogens with zero attached hydrogens (tertiary/aromatic N) is 1. The van der Waals surface area contributed by atoms with Crippen LogP contribution in [-0.2, 0) is 26.1 Å². The Kier molecular flexibility index (Phi) is 6.27. The van der Waals surface area contributed by atoms with Crippen molar-refractivity contribution in [2.24, 2.45) is 0 Å². The molecule has 1 aromatic rings. The van der Waals surface area contributed by atoms with Crippen LogP contribution in [0.4, 0.5) is 0 Å². The molecule has 0 bridgehead atoms. The quantitative estimate of drug-likeness (QED) is 0.561. The first kappa shape index (κ1) is 15.9. The Morgan fingerprint density at radius 1 is 1.32 bits per heavy atom. The standard InChI is InChI=1S/C12H16ClNO4S/c1-18-12(15)10-14(19(16,17)8-7-13)9-11-5-3-2-4-6-11/h2-6H,7-10H2,1H3. The number of esters is 1. The van der Waals surface area contributed by atoms with Crippen LogP contribution in [0.15, 0.2) is 30.3 Å². The molecule has 0 aliphatic rings. The van der Waals surface area contributed by atoms with Crippen molar-refractivity contribution < 1.29 is 17.9 Å². The molecule has 0 saturated heterocycles. The van der Waals surface area contributed by atoms with E-state index in [1.54, 1.807) is 24.3 Å². The van der Waals surface area contributed by atoms with Gasteiger partial charge in [-0.2, -0.15) is 4.31 Å². The first-order valence-electron chi connectivity index (χ1n) is 5.64. The Labute approximate surface area is 118 Å². The van der Waals surface area contributed by atoms with Crippen molar-refractivity contribution in [3.63, 3.8) is 0 Å². The second-order valence-electron chi connectivity index (χ2n) is 3.83. The Bertz CT molecular complexity index is 504. The maximum absolute atomic E-state index is 12.0. The first-order chi connectivity index (χ1) is 8.99. The number of rotatable bonds is 7. The average Bonchev–Trinajstić information content (AvgIpc) is 2.39. The normalized spacial score (nSPS) is 11.5. The number of hydrogen-bond donors (Lipinski definition) is 0. The van der Waals surface area contributed by atoms with Crippen LogP contribution in [0.3, 0.4) is 0 Å². The number of carbonyl (C=O) groups is 1. The highest BCUT2D eigenvalue weighted by Gasteiger charge is 2.24. The smallest absolute Gasteiger partial charge is 0.321 e. The predicted molar refractivity (Wildman–Crippen MR) is 73.4 cm³/mol. The Balaban J connectivity index is 2.89. The SMILES string of the molecule is COC(=O)CN(Cc1ccccc1)S(=O)(=O)CCCl. The molecule has 0 aliphatic heterocycles. The highest BCUT2D eigenvalue weighted by Crippen LogP contribution is 2.10. The lowest BCUT2D eigenvalue weighted by atomic mass is 10.2. The predicted octanol–water partition coefficient (Wildman–Crippen LogP) is 1.23. The van der Waals surface area contributed by atoms with Gasteiger partial charge in [0.15, 0.2) is 0 Å². The summed E-state index contributed by atoms with van der Waals surface area (Å²) >= 11 is 5.48. The van der Waals surface area contributed by atoms with E-state index in [0.717, 1.165) is 9.87 Å². The molecule has 0 spiro atoms. The minimum atomic E-state index is -3.58. The lowest BCUT2D eigenvalue weighted by Gasteiger charge is -2.20. The number of carbonyl (C=O) groups excluding carboxylic acids is 1. The molecule has 1 rings (SSSR count). The van der Waals surface area contributed by atoms with Gasteiger partial charge in [-0.05, 0) is 5.56 Å². The van der Waals surface area contributed by atoms with Crippen LogP contribution in [0.1, 0.15) is 5.56 Å². The van der Waals surface area contributed by atoms with E-state index in [2.05, 4.69) is 4.74 Å². The van der Waals surface area contributed by atoms with Gasteiger partial charge in [-0.3, -0.25) is 4.79 Å². The maximum Gasteiger partial charge on any atom is 0.321 e. The monoisotopic (exact) mass is 305 g/mol. The van der Waals surface area contributed by atoms with Crippen molar-refractivity contribution in [1.29, 1.82) is 0 Å². The molecule has 0 amide bonds. The number of ether oxygens (including phenoxy) is 1. The fraction of sp³-hybridized carbons (Fsp3) is 0.417. The van der Waals surface area contributed by atoms with Crippen molar-refractivity contribution in [2.45, 2.75) is 6.54 Å². The summed E-state index contributed by atoms with van der Waals surface area (Å²) in [5.74, 6) is -0.832. The summed E-state index contributed by atoms with van der Waals surface area (Å²) in [5.41, 5.74) is 0.796. The molecule has 0 fully saturated rings. The van der Waals surface area contributed by atoms with Crippen LogP contribution in [0.2, 0.25) is 0 Å². The topological polar surface area (TPSA) is 63.7 Å². The van der Waals surface area contributed by atoms with Crippen LogP contribution < -0.4 is 0 Å². The molecule has 0 atom stereocenters. The molecule has 5 nitrogen and oxygen atoms in total. The van der Waals surface area contributed by atoms with Gasteiger partial charge in [0, 0.05) is 12.4 Å². The Hall–Kier alpha value is -1.11. The first-order valence-corrected chi connectivity index (χ1v) is 7.78. The Morgan fingerprint density at radius 2 is 1.95 bits per heavy atom. The zero-order valence-corrected chi connectivity index (χ0v) is 12.2. The van der Waals surface area contributed by atoms with Crippen LogP contribution in [0, 0.1) is 0 Å². The van der Waals surface area contributed by atoms with Crippen molar-refractivity contribution >= 4 is 27.6 Å². The van der Waals surface area contributed by atoms with Crippen molar-refractivity contribution in [3.05, 3.63) is 35.9 Å². The van der Waals surface area contributed by atoms with Crippen LogP contribution in [0.25, 0.3) is 0 Å². The van der Waals surface area contributed by atoms with Gasteiger partial charge in [0.1, 0.15) is 6.54 Å². The fourth-order valence-electron chi connectivity index (χ4n) is 1.47. The molecule has 7 heteroatoms. The molecule has 0 saturated carbocycles. The molecule has 0 aliphatic carbocycles. The van der Waals surface area contributed by atoms with E-state index in [9.17, 15) is 13.2 Å². The summed E-state index contributed by atoms with van der Waals surface area (Å²) in [5, 5.41) is 0. The van der Waals surface area contributed by atoms with E-state index in [1.165, 1.54) is 7.11 Å². The lowest BCUT2D eigenvalue weighted by molar-refractivity contribution is -0.140. The van der Waals surface area contributed by atoms with E-state index in [1.807, 2.05) is 6.07 Å². The summed E-state index contributed by atoms with van der Waals surface area (Å²) in [6.07, 6.45) is 0. The third-order valence-electron chi connectivity index (χ3n) is 2.46.